The first kappa shape index (κ1) is 17.9. The van der Waals surface area contributed by atoms with E-state index in [1.165, 1.54) is 10.9 Å². The highest BCUT2D eigenvalue weighted by Crippen LogP contribution is 2.40. The fourth-order valence-corrected chi connectivity index (χ4v) is 3.63. The molecule has 0 radical (unpaired) electrons. The van der Waals surface area contributed by atoms with E-state index in [-0.39, 0.29) is 11.9 Å². The van der Waals surface area contributed by atoms with Crippen LogP contribution in [-0.4, -0.2) is 48.3 Å². The van der Waals surface area contributed by atoms with Crippen molar-refractivity contribution in [3.63, 3.8) is 0 Å². The fourth-order valence-electron chi connectivity index (χ4n) is 3.63. The maximum absolute atomic E-state index is 12.2. The van der Waals surface area contributed by atoms with Crippen molar-refractivity contribution in [3.05, 3.63) is 23.7 Å². The first-order valence-corrected chi connectivity index (χ1v) is 8.63. The number of hydrogen-bond acceptors (Lipinski definition) is 5. The molecule has 26 heavy (non-hydrogen) atoms. The number of anilines is 1. The second-order valence-electron chi connectivity index (χ2n) is 6.87. The summed E-state index contributed by atoms with van der Waals surface area (Å²) in [6.45, 7) is 1.89. The summed E-state index contributed by atoms with van der Waals surface area (Å²) in [4.78, 5) is 22.9. The number of aryl methyl sites for hydroxylation is 1. The summed E-state index contributed by atoms with van der Waals surface area (Å²) in [6, 6.07) is 1.80. The number of nitrogens with one attached hydrogen (secondary N) is 3. The van der Waals surface area contributed by atoms with Crippen LogP contribution in [-0.2, 0) is 7.05 Å². The summed E-state index contributed by atoms with van der Waals surface area (Å²) in [5.41, 5.74) is 1.35. The lowest BCUT2D eigenvalue weighted by Gasteiger charge is -2.16. The van der Waals surface area contributed by atoms with Gasteiger partial charge in [-0.3, -0.25) is 9.89 Å². The van der Waals surface area contributed by atoms with E-state index in [0.717, 1.165) is 31.4 Å². The Kier molecular flexibility index (Phi) is 5.19. The number of carboxylic acid groups (broad SMARTS) is 1. The van der Waals surface area contributed by atoms with Crippen LogP contribution in [0.1, 0.15) is 54.7 Å². The molecule has 0 bridgehead atoms. The third-order valence-corrected chi connectivity index (χ3v) is 4.82. The molecule has 0 spiro atoms. The lowest BCUT2D eigenvalue weighted by molar-refractivity contribution is 0.101. The molecule has 2 heterocycles. The number of rotatable bonds is 6. The summed E-state index contributed by atoms with van der Waals surface area (Å²) in [6.07, 6.45) is 4.30. The highest BCUT2D eigenvalue weighted by molar-refractivity contribution is 6.02. The SMILES string of the molecule is CC(C[C@@H]1CC[C@H](c2cc(NC(=O)c3cnnn3C)n[nH]2)C1)NC(=O)O. The van der Waals surface area contributed by atoms with Gasteiger partial charge in [-0.1, -0.05) is 5.21 Å². The van der Waals surface area contributed by atoms with Gasteiger partial charge in [0.2, 0.25) is 0 Å². The minimum atomic E-state index is -0.982. The van der Waals surface area contributed by atoms with Crippen LogP contribution in [0.15, 0.2) is 12.3 Å². The van der Waals surface area contributed by atoms with Gasteiger partial charge < -0.3 is 15.7 Å². The van der Waals surface area contributed by atoms with Crippen molar-refractivity contribution in [1.82, 2.24) is 30.5 Å². The molecule has 3 rings (SSSR count). The van der Waals surface area contributed by atoms with Gasteiger partial charge in [0.15, 0.2) is 5.82 Å². The Balaban J connectivity index is 1.54. The first-order chi connectivity index (χ1) is 12.4. The summed E-state index contributed by atoms with van der Waals surface area (Å²) in [7, 11) is 1.65. The number of nitrogens with zero attached hydrogens (tertiary/aromatic N) is 4. The number of aromatic nitrogens is 5. The van der Waals surface area contributed by atoms with Crippen molar-refractivity contribution in [2.24, 2.45) is 13.0 Å². The van der Waals surface area contributed by atoms with Gasteiger partial charge in [0.1, 0.15) is 5.69 Å². The van der Waals surface area contributed by atoms with Crippen LogP contribution in [0.3, 0.4) is 0 Å². The van der Waals surface area contributed by atoms with Crippen LogP contribution in [0.5, 0.6) is 0 Å². The second-order valence-corrected chi connectivity index (χ2v) is 6.87. The molecule has 0 aromatic carbocycles. The molecule has 2 amide bonds. The molecule has 10 heteroatoms. The monoisotopic (exact) mass is 361 g/mol. The minimum absolute atomic E-state index is 0.0552. The lowest BCUT2D eigenvalue weighted by atomic mass is 9.96. The number of hydrogen-bond donors (Lipinski definition) is 4. The van der Waals surface area contributed by atoms with Crippen LogP contribution >= 0.6 is 0 Å². The zero-order valence-corrected chi connectivity index (χ0v) is 14.8. The number of carbonyl (C=O) groups is 2. The first-order valence-electron chi connectivity index (χ1n) is 8.63. The van der Waals surface area contributed by atoms with Crippen molar-refractivity contribution in [3.8, 4) is 0 Å². The van der Waals surface area contributed by atoms with Crippen LogP contribution in [0.25, 0.3) is 0 Å². The molecular formula is C16H23N7O3. The van der Waals surface area contributed by atoms with Gasteiger partial charge in [-0.15, -0.1) is 5.10 Å². The van der Waals surface area contributed by atoms with Gasteiger partial charge in [-0.05, 0) is 38.5 Å². The molecule has 2 aromatic heterocycles. The lowest BCUT2D eigenvalue weighted by Crippen LogP contribution is -2.32. The van der Waals surface area contributed by atoms with Crippen LogP contribution in [0.4, 0.5) is 10.6 Å². The Morgan fingerprint density at radius 3 is 2.96 bits per heavy atom. The van der Waals surface area contributed by atoms with Crippen molar-refractivity contribution in [2.45, 2.75) is 44.6 Å². The number of aromatic amines is 1. The second kappa shape index (κ2) is 7.54. The average molecular weight is 361 g/mol. The van der Waals surface area contributed by atoms with E-state index in [4.69, 9.17) is 5.11 Å². The van der Waals surface area contributed by atoms with Crippen molar-refractivity contribution < 1.29 is 14.7 Å². The fraction of sp³-hybridized carbons (Fsp3) is 0.562. The molecule has 3 atom stereocenters. The van der Waals surface area contributed by atoms with Gasteiger partial charge >= 0.3 is 6.09 Å². The predicted octanol–water partition coefficient (Wildman–Crippen LogP) is 1.72. The van der Waals surface area contributed by atoms with Gasteiger partial charge in [0, 0.05) is 30.8 Å². The topological polar surface area (TPSA) is 138 Å². The molecule has 1 saturated carbocycles. The molecule has 4 N–H and O–H groups in total. The molecule has 1 aliphatic carbocycles. The van der Waals surface area contributed by atoms with E-state index < -0.39 is 6.09 Å². The van der Waals surface area contributed by atoms with Crippen molar-refractivity contribution in [2.75, 3.05) is 5.32 Å². The molecule has 1 unspecified atom stereocenters. The molecular weight excluding hydrogens is 338 g/mol. The molecule has 0 saturated heterocycles. The van der Waals surface area contributed by atoms with Crippen molar-refractivity contribution in [1.29, 1.82) is 0 Å². The van der Waals surface area contributed by atoms with E-state index in [0.29, 0.717) is 23.3 Å². The van der Waals surface area contributed by atoms with E-state index in [1.807, 2.05) is 13.0 Å². The third kappa shape index (κ3) is 4.19. The third-order valence-electron chi connectivity index (χ3n) is 4.82. The quantitative estimate of drug-likeness (QED) is 0.618. The summed E-state index contributed by atoms with van der Waals surface area (Å²) in [5, 5.41) is 28.6. The Bertz CT molecular complexity index is 784. The van der Waals surface area contributed by atoms with Gasteiger partial charge in [-0.2, -0.15) is 5.10 Å². The van der Waals surface area contributed by atoms with Crippen LogP contribution in [0.2, 0.25) is 0 Å². The maximum atomic E-state index is 12.2. The molecule has 0 aliphatic heterocycles. The highest BCUT2D eigenvalue weighted by Gasteiger charge is 2.28. The number of H-pyrrole nitrogens is 1. The standard InChI is InChI=1S/C16H23N7O3/c1-9(18-16(25)26)5-10-3-4-11(6-10)12-7-14(21-20-12)19-15(24)13-8-17-22-23(13)2/h7-11,18H,3-6H2,1-2H3,(H,25,26)(H2,19,20,21,24)/t9?,10-,11-/m0/s1. The van der Waals surface area contributed by atoms with Crippen LogP contribution < -0.4 is 10.6 Å². The Labute approximate surface area is 150 Å². The van der Waals surface area contributed by atoms with Crippen molar-refractivity contribution >= 4 is 17.8 Å². The largest absolute Gasteiger partial charge is 0.465 e. The van der Waals surface area contributed by atoms with E-state index in [1.54, 1.807) is 7.05 Å². The highest BCUT2D eigenvalue weighted by atomic mass is 16.4. The van der Waals surface area contributed by atoms with Gasteiger partial charge in [-0.25, -0.2) is 9.48 Å². The molecule has 1 fully saturated rings. The van der Waals surface area contributed by atoms with E-state index in [2.05, 4.69) is 31.1 Å². The van der Waals surface area contributed by atoms with E-state index in [9.17, 15) is 9.59 Å². The summed E-state index contributed by atoms with van der Waals surface area (Å²) in [5.74, 6) is 0.973. The smallest absolute Gasteiger partial charge is 0.404 e. The minimum Gasteiger partial charge on any atom is -0.465 e. The Hall–Kier alpha value is -2.91. The zero-order chi connectivity index (χ0) is 18.7. The molecule has 1 aliphatic rings. The Morgan fingerprint density at radius 1 is 1.46 bits per heavy atom. The normalized spacial score (nSPS) is 20.7. The molecule has 2 aromatic rings. The van der Waals surface area contributed by atoms with Gasteiger partial charge in [0.25, 0.3) is 5.91 Å². The van der Waals surface area contributed by atoms with E-state index >= 15 is 0 Å². The summed E-state index contributed by atoms with van der Waals surface area (Å²) < 4.78 is 1.40. The van der Waals surface area contributed by atoms with Crippen LogP contribution in [0, 0.1) is 5.92 Å². The predicted molar refractivity (Wildman–Crippen MR) is 92.9 cm³/mol. The number of amides is 2. The number of carbonyl (C=O) groups excluding carboxylic acids is 1. The Morgan fingerprint density at radius 2 is 2.27 bits per heavy atom. The molecule has 140 valence electrons. The summed E-state index contributed by atoms with van der Waals surface area (Å²) >= 11 is 0. The van der Waals surface area contributed by atoms with Gasteiger partial charge in [0.05, 0.1) is 6.20 Å². The maximum Gasteiger partial charge on any atom is 0.404 e. The average Bonchev–Trinajstić information content (AvgIpc) is 3.27. The molecule has 10 nitrogen and oxygen atoms in total. The zero-order valence-electron chi connectivity index (χ0n) is 14.8.